The Morgan fingerprint density at radius 1 is 1.16 bits per heavy atom. The predicted octanol–water partition coefficient (Wildman–Crippen LogP) is 3.00. The molecule has 106 valence electrons. The van der Waals surface area contributed by atoms with Crippen LogP contribution in [0.4, 0.5) is 0 Å². The van der Waals surface area contributed by atoms with Crippen molar-refractivity contribution in [2.24, 2.45) is 5.73 Å². The lowest BCUT2D eigenvalue weighted by Crippen LogP contribution is -2.30. The lowest BCUT2D eigenvalue weighted by molar-refractivity contribution is 0.242. The van der Waals surface area contributed by atoms with E-state index in [2.05, 4.69) is 24.4 Å². The van der Waals surface area contributed by atoms with Crippen LogP contribution in [0.3, 0.4) is 0 Å². The Balaban J connectivity index is 1.90. The van der Waals surface area contributed by atoms with E-state index >= 15 is 0 Å². The number of nitrogens with one attached hydrogen (secondary N) is 1. The Hall–Kier alpha value is -1.06. The SMILES string of the molecule is CC(C)Oc1ccc(C(C)NC2CCC(N)C2)cc1. The van der Waals surface area contributed by atoms with Crippen molar-refractivity contribution in [1.29, 1.82) is 0 Å². The highest BCUT2D eigenvalue weighted by atomic mass is 16.5. The van der Waals surface area contributed by atoms with Gasteiger partial charge >= 0.3 is 0 Å². The maximum atomic E-state index is 5.95. The molecule has 0 amide bonds. The molecule has 2 rings (SSSR count). The van der Waals surface area contributed by atoms with Crippen molar-refractivity contribution in [3.8, 4) is 5.75 Å². The Morgan fingerprint density at radius 3 is 2.37 bits per heavy atom. The van der Waals surface area contributed by atoms with Crippen LogP contribution in [0.15, 0.2) is 24.3 Å². The van der Waals surface area contributed by atoms with Crippen molar-refractivity contribution in [2.45, 2.75) is 64.3 Å². The van der Waals surface area contributed by atoms with Gasteiger partial charge in [0.05, 0.1) is 6.10 Å². The number of ether oxygens (including phenoxy) is 1. The fourth-order valence-electron chi connectivity index (χ4n) is 2.72. The van der Waals surface area contributed by atoms with E-state index in [-0.39, 0.29) is 6.10 Å². The molecule has 1 aliphatic rings. The van der Waals surface area contributed by atoms with Crippen LogP contribution in [0, 0.1) is 0 Å². The quantitative estimate of drug-likeness (QED) is 0.857. The number of hydrogen-bond donors (Lipinski definition) is 2. The zero-order valence-electron chi connectivity index (χ0n) is 12.2. The lowest BCUT2D eigenvalue weighted by atomic mass is 10.1. The summed E-state index contributed by atoms with van der Waals surface area (Å²) in [6.45, 7) is 6.30. The van der Waals surface area contributed by atoms with Gasteiger partial charge in [0.15, 0.2) is 0 Å². The molecule has 1 aliphatic carbocycles. The molecule has 0 aromatic heterocycles. The fraction of sp³-hybridized carbons (Fsp3) is 0.625. The second-order valence-electron chi connectivity index (χ2n) is 5.89. The average Bonchev–Trinajstić information content (AvgIpc) is 2.75. The highest BCUT2D eigenvalue weighted by Gasteiger charge is 2.23. The summed E-state index contributed by atoms with van der Waals surface area (Å²) in [5, 5.41) is 3.66. The third-order valence-electron chi connectivity index (χ3n) is 3.71. The molecule has 1 aromatic carbocycles. The van der Waals surface area contributed by atoms with Gasteiger partial charge in [-0.2, -0.15) is 0 Å². The molecule has 1 saturated carbocycles. The van der Waals surface area contributed by atoms with Crippen LogP contribution in [0.1, 0.15) is 51.6 Å². The Morgan fingerprint density at radius 2 is 1.84 bits per heavy atom. The summed E-state index contributed by atoms with van der Waals surface area (Å²) >= 11 is 0. The van der Waals surface area contributed by atoms with Crippen LogP contribution in [-0.4, -0.2) is 18.2 Å². The first kappa shape index (κ1) is 14.4. The van der Waals surface area contributed by atoms with E-state index in [1.54, 1.807) is 0 Å². The summed E-state index contributed by atoms with van der Waals surface area (Å²) in [6, 6.07) is 9.70. The Bertz CT molecular complexity index is 388. The zero-order chi connectivity index (χ0) is 13.8. The lowest BCUT2D eigenvalue weighted by Gasteiger charge is -2.20. The molecule has 0 radical (unpaired) electrons. The van der Waals surface area contributed by atoms with Gasteiger partial charge in [0.25, 0.3) is 0 Å². The second kappa shape index (κ2) is 6.40. The molecule has 1 aromatic rings. The summed E-state index contributed by atoms with van der Waals surface area (Å²) in [7, 11) is 0. The molecule has 0 heterocycles. The van der Waals surface area contributed by atoms with Gasteiger partial charge in [0.2, 0.25) is 0 Å². The van der Waals surface area contributed by atoms with Crippen LogP contribution in [0.5, 0.6) is 5.75 Å². The van der Waals surface area contributed by atoms with E-state index in [9.17, 15) is 0 Å². The summed E-state index contributed by atoms with van der Waals surface area (Å²) in [6.07, 6.45) is 3.66. The molecule has 0 saturated heterocycles. The van der Waals surface area contributed by atoms with E-state index in [1.807, 2.05) is 26.0 Å². The first-order valence-electron chi connectivity index (χ1n) is 7.33. The fourth-order valence-corrected chi connectivity index (χ4v) is 2.72. The van der Waals surface area contributed by atoms with Gasteiger partial charge in [0, 0.05) is 18.1 Å². The largest absolute Gasteiger partial charge is 0.491 e. The van der Waals surface area contributed by atoms with E-state index in [0.717, 1.165) is 18.6 Å². The highest BCUT2D eigenvalue weighted by Crippen LogP contribution is 2.23. The zero-order valence-corrected chi connectivity index (χ0v) is 12.2. The number of hydrogen-bond acceptors (Lipinski definition) is 3. The molecule has 3 heteroatoms. The van der Waals surface area contributed by atoms with Gasteiger partial charge < -0.3 is 15.8 Å². The molecular formula is C16H26N2O. The topological polar surface area (TPSA) is 47.3 Å². The van der Waals surface area contributed by atoms with Crippen LogP contribution in [0.25, 0.3) is 0 Å². The molecule has 0 spiro atoms. The minimum Gasteiger partial charge on any atom is -0.491 e. The summed E-state index contributed by atoms with van der Waals surface area (Å²) in [5.74, 6) is 0.939. The third kappa shape index (κ3) is 4.22. The van der Waals surface area contributed by atoms with E-state index in [0.29, 0.717) is 18.1 Å². The average molecular weight is 262 g/mol. The van der Waals surface area contributed by atoms with Crippen molar-refractivity contribution in [2.75, 3.05) is 0 Å². The molecule has 3 nitrogen and oxygen atoms in total. The van der Waals surface area contributed by atoms with Crippen molar-refractivity contribution < 1.29 is 4.74 Å². The van der Waals surface area contributed by atoms with Crippen LogP contribution >= 0.6 is 0 Å². The molecule has 1 fully saturated rings. The minimum absolute atomic E-state index is 0.223. The van der Waals surface area contributed by atoms with Gasteiger partial charge in [-0.3, -0.25) is 0 Å². The smallest absolute Gasteiger partial charge is 0.119 e. The first-order valence-corrected chi connectivity index (χ1v) is 7.33. The number of benzene rings is 1. The van der Waals surface area contributed by atoms with Crippen molar-refractivity contribution in [1.82, 2.24) is 5.32 Å². The number of rotatable bonds is 5. The monoisotopic (exact) mass is 262 g/mol. The van der Waals surface area contributed by atoms with Crippen LogP contribution in [-0.2, 0) is 0 Å². The minimum atomic E-state index is 0.223. The molecule has 0 bridgehead atoms. The standard InChI is InChI=1S/C16H26N2O/c1-11(2)19-16-8-4-13(5-9-16)12(3)18-15-7-6-14(17)10-15/h4-5,8-9,11-12,14-15,18H,6-7,10,17H2,1-3H3. The second-order valence-corrected chi connectivity index (χ2v) is 5.89. The van der Waals surface area contributed by atoms with Crippen LogP contribution < -0.4 is 15.8 Å². The molecule has 3 N–H and O–H groups in total. The van der Waals surface area contributed by atoms with E-state index in [1.165, 1.54) is 12.0 Å². The molecule has 0 aliphatic heterocycles. The summed E-state index contributed by atoms with van der Waals surface area (Å²) in [4.78, 5) is 0. The Labute approximate surface area is 116 Å². The highest BCUT2D eigenvalue weighted by molar-refractivity contribution is 5.29. The van der Waals surface area contributed by atoms with Crippen molar-refractivity contribution in [3.05, 3.63) is 29.8 Å². The molecule has 19 heavy (non-hydrogen) atoms. The Kier molecular flexibility index (Phi) is 4.83. The first-order chi connectivity index (χ1) is 9.04. The summed E-state index contributed by atoms with van der Waals surface area (Å²) < 4.78 is 5.66. The van der Waals surface area contributed by atoms with Gasteiger partial charge in [0.1, 0.15) is 5.75 Å². The van der Waals surface area contributed by atoms with Gasteiger partial charge in [-0.1, -0.05) is 12.1 Å². The predicted molar refractivity (Wildman–Crippen MR) is 79.4 cm³/mol. The molecular weight excluding hydrogens is 236 g/mol. The van der Waals surface area contributed by atoms with Gasteiger partial charge in [-0.05, 0) is 57.7 Å². The van der Waals surface area contributed by atoms with Crippen molar-refractivity contribution >= 4 is 0 Å². The van der Waals surface area contributed by atoms with Crippen molar-refractivity contribution in [3.63, 3.8) is 0 Å². The summed E-state index contributed by atoms with van der Waals surface area (Å²) in [5.41, 5.74) is 7.25. The van der Waals surface area contributed by atoms with E-state index in [4.69, 9.17) is 10.5 Å². The number of nitrogens with two attached hydrogens (primary N) is 1. The molecule has 3 unspecified atom stereocenters. The maximum absolute atomic E-state index is 5.95. The van der Waals surface area contributed by atoms with Gasteiger partial charge in [-0.15, -0.1) is 0 Å². The third-order valence-corrected chi connectivity index (χ3v) is 3.71. The maximum Gasteiger partial charge on any atom is 0.119 e. The normalized spacial score (nSPS) is 24.7. The van der Waals surface area contributed by atoms with E-state index < -0.39 is 0 Å². The van der Waals surface area contributed by atoms with Gasteiger partial charge in [-0.25, -0.2) is 0 Å². The van der Waals surface area contributed by atoms with Crippen LogP contribution in [0.2, 0.25) is 0 Å². The molecule has 3 atom stereocenters.